The zero-order valence-electron chi connectivity index (χ0n) is 20.6. The molecule has 0 fully saturated rings. The summed E-state index contributed by atoms with van der Waals surface area (Å²) in [5, 5.41) is 20.7. The van der Waals surface area contributed by atoms with E-state index >= 15 is 0 Å². The van der Waals surface area contributed by atoms with Crippen LogP contribution in [0.15, 0.2) is 83.6 Å². The third-order valence-electron chi connectivity index (χ3n) is 6.28. The second-order valence-electron chi connectivity index (χ2n) is 9.04. The fraction of sp³-hybridized carbons (Fsp3) is 0.267. The van der Waals surface area contributed by atoms with Gasteiger partial charge in [0.05, 0.1) is 17.7 Å². The van der Waals surface area contributed by atoms with E-state index in [4.69, 9.17) is 23.2 Å². The van der Waals surface area contributed by atoms with E-state index in [0.717, 1.165) is 35.7 Å². The Balaban J connectivity index is 1.99. The number of fused-ring (bicyclic) bond motifs is 1. The number of halogens is 2. The molecule has 2 aromatic carbocycles. The van der Waals surface area contributed by atoms with Gasteiger partial charge < -0.3 is 4.90 Å². The molecule has 0 saturated heterocycles. The first kappa shape index (κ1) is 26.4. The van der Waals surface area contributed by atoms with Crippen LogP contribution in [0.5, 0.6) is 0 Å². The summed E-state index contributed by atoms with van der Waals surface area (Å²) < 4.78 is 0. The maximum atomic E-state index is 9.88. The van der Waals surface area contributed by atoms with Gasteiger partial charge in [-0.1, -0.05) is 80.7 Å². The van der Waals surface area contributed by atoms with Crippen molar-refractivity contribution in [2.45, 2.75) is 46.0 Å². The van der Waals surface area contributed by atoms with Crippen LogP contribution in [-0.4, -0.2) is 6.54 Å². The summed E-state index contributed by atoms with van der Waals surface area (Å²) in [5.41, 5.74) is 5.70. The zero-order chi connectivity index (χ0) is 25.6. The fourth-order valence-corrected chi connectivity index (χ4v) is 4.73. The molecule has 0 aliphatic carbocycles. The van der Waals surface area contributed by atoms with E-state index in [2.05, 4.69) is 50.0 Å². The molecular weight excluding hydrogens is 473 g/mol. The number of nitriles is 2. The summed E-state index contributed by atoms with van der Waals surface area (Å²) in [4.78, 5) is 2.35. The van der Waals surface area contributed by atoms with Crippen molar-refractivity contribution in [3.05, 3.63) is 105 Å². The number of hydrogen-bond acceptors (Lipinski definition) is 3. The maximum Gasteiger partial charge on any atom is 0.0998 e. The lowest BCUT2D eigenvalue weighted by molar-refractivity contribution is 0.624. The van der Waals surface area contributed by atoms with E-state index in [-0.39, 0.29) is 5.41 Å². The highest BCUT2D eigenvalue weighted by Gasteiger charge is 2.39. The second kappa shape index (κ2) is 11.5. The number of unbranched alkanes of at least 4 members (excludes halogenated alkanes) is 1. The normalized spacial score (nSPS) is 16.7. The number of allylic oxidation sites excluding steroid dienone is 8. The monoisotopic (exact) mass is 501 g/mol. The molecule has 0 unspecified atom stereocenters. The molecule has 1 aliphatic rings. The van der Waals surface area contributed by atoms with Crippen LogP contribution >= 0.6 is 23.2 Å². The van der Waals surface area contributed by atoms with Crippen molar-refractivity contribution in [3.8, 4) is 12.1 Å². The first-order chi connectivity index (χ1) is 16.7. The van der Waals surface area contributed by atoms with Crippen LogP contribution in [0, 0.1) is 22.7 Å². The van der Waals surface area contributed by atoms with E-state index in [1.165, 1.54) is 11.3 Å². The molecule has 3 nitrogen and oxygen atoms in total. The van der Waals surface area contributed by atoms with Crippen LogP contribution in [0.4, 0.5) is 5.69 Å². The first-order valence-electron chi connectivity index (χ1n) is 11.7. The highest BCUT2D eigenvalue weighted by Crippen LogP contribution is 2.48. The fourth-order valence-electron chi connectivity index (χ4n) is 4.44. The van der Waals surface area contributed by atoms with Gasteiger partial charge in [0.2, 0.25) is 0 Å². The Morgan fingerprint density at radius 2 is 1.69 bits per heavy atom. The average molecular weight is 502 g/mol. The summed E-state index contributed by atoms with van der Waals surface area (Å²) in [7, 11) is 0. The Bertz CT molecular complexity index is 1300. The van der Waals surface area contributed by atoms with Gasteiger partial charge in [0.25, 0.3) is 0 Å². The van der Waals surface area contributed by atoms with Crippen LogP contribution in [0.2, 0.25) is 10.0 Å². The molecule has 5 heteroatoms. The molecule has 0 bridgehead atoms. The quantitative estimate of drug-likeness (QED) is 0.281. The van der Waals surface area contributed by atoms with E-state index in [1.54, 1.807) is 25.1 Å². The molecule has 0 aromatic heterocycles. The Morgan fingerprint density at radius 3 is 2.31 bits per heavy atom. The zero-order valence-corrected chi connectivity index (χ0v) is 22.1. The molecule has 35 heavy (non-hydrogen) atoms. The minimum absolute atomic E-state index is 0.175. The van der Waals surface area contributed by atoms with Crippen molar-refractivity contribution >= 4 is 34.5 Å². The standard InChI is InChI=1S/C30H29Cl2N3/c1-5-6-17-35-27-18-25(32)15-16-26(27)30(3,4)28(35)10-8-7-9-23(20-34)29(21(2)19-33)22-11-13-24(31)14-12-22/h7-16,18H,5-6,17H2,1-4H3/b8-7+,23-9+,28-10+,29-21-. The van der Waals surface area contributed by atoms with E-state index in [0.29, 0.717) is 21.7 Å². The highest BCUT2D eigenvalue weighted by molar-refractivity contribution is 6.31. The number of rotatable bonds is 7. The summed E-state index contributed by atoms with van der Waals surface area (Å²) in [5.74, 6) is 0. The van der Waals surface area contributed by atoms with Gasteiger partial charge in [-0.3, -0.25) is 0 Å². The molecule has 0 spiro atoms. The van der Waals surface area contributed by atoms with Crippen molar-refractivity contribution in [2.75, 3.05) is 11.4 Å². The third kappa shape index (κ3) is 5.71. The molecule has 0 saturated carbocycles. The van der Waals surface area contributed by atoms with Crippen LogP contribution in [0.3, 0.4) is 0 Å². The molecular formula is C30H29Cl2N3. The number of anilines is 1. The van der Waals surface area contributed by atoms with Gasteiger partial charge in [0, 0.05) is 44.5 Å². The molecule has 0 amide bonds. The van der Waals surface area contributed by atoms with Gasteiger partial charge in [0.1, 0.15) is 0 Å². The van der Waals surface area contributed by atoms with Gasteiger partial charge in [-0.25, -0.2) is 0 Å². The number of hydrogen-bond donors (Lipinski definition) is 0. The SMILES string of the molecule is CCCCN1/C(=C/C=C/C=C(C#N)/C(=C(/C)C#N)c2ccc(Cl)cc2)C(C)(C)c2ccc(Cl)cc21. The molecule has 3 rings (SSSR count). The smallest absolute Gasteiger partial charge is 0.0998 e. The van der Waals surface area contributed by atoms with Gasteiger partial charge in [0.15, 0.2) is 0 Å². The minimum Gasteiger partial charge on any atom is -0.344 e. The van der Waals surface area contributed by atoms with E-state index < -0.39 is 0 Å². The number of benzene rings is 2. The molecule has 178 valence electrons. The second-order valence-corrected chi connectivity index (χ2v) is 9.91. The lowest BCUT2D eigenvalue weighted by Gasteiger charge is -2.27. The van der Waals surface area contributed by atoms with Crippen molar-refractivity contribution in [1.29, 1.82) is 10.5 Å². The predicted molar refractivity (Wildman–Crippen MR) is 147 cm³/mol. The van der Waals surface area contributed by atoms with Gasteiger partial charge in [-0.05, 0) is 60.9 Å². The predicted octanol–water partition coefficient (Wildman–Crippen LogP) is 8.78. The maximum absolute atomic E-state index is 9.88. The molecule has 1 heterocycles. The average Bonchev–Trinajstić information content (AvgIpc) is 3.05. The molecule has 2 aromatic rings. The van der Waals surface area contributed by atoms with Gasteiger partial charge in [-0.15, -0.1) is 0 Å². The molecule has 1 aliphatic heterocycles. The summed E-state index contributed by atoms with van der Waals surface area (Å²) in [6.45, 7) is 9.26. The van der Waals surface area contributed by atoms with Crippen molar-refractivity contribution in [3.63, 3.8) is 0 Å². The Hall–Kier alpha value is -3.24. The minimum atomic E-state index is -0.175. The van der Waals surface area contributed by atoms with Gasteiger partial charge in [-0.2, -0.15) is 10.5 Å². The van der Waals surface area contributed by atoms with Crippen LogP contribution < -0.4 is 4.90 Å². The van der Waals surface area contributed by atoms with E-state index in [1.807, 2.05) is 36.4 Å². The lowest BCUT2D eigenvalue weighted by Crippen LogP contribution is -2.26. The van der Waals surface area contributed by atoms with Crippen molar-refractivity contribution in [1.82, 2.24) is 0 Å². The summed E-state index contributed by atoms with van der Waals surface area (Å²) in [6.07, 6.45) is 9.85. The van der Waals surface area contributed by atoms with E-state index in [9.17, 15) is 10.5 Å². The molecule has 0 atom stereocenters. The summed E-state index contributed by atoms with van der Waals surface area (Å²) >= 11 is 12.4. The lowest BCUT2D eigenvalue weighted by atomic mass is 9.83. The largest absolute Gasteiger partial charge is 0.344 e. The Morgan fingerprint density at radius 1 is 1.00 bits per heavy atom. The molecule has 0 radical (unpaired) electrons. The van der Waals surface area contributed by atoms with Gasteiger partial charge >= 0.3 is 0 Å². The number of nitrogens with zero attached hydrogens (tertiary/aromatic N) is 3. The Kier molecular flexibility index (Phi) is 8.63. The Labute approximate surface area is 218 Å². The topological polar surface area (TPSA) is 50.8 Å². The highest BCUT2D eigenvalue weighted by atomic mass is 35.5. The third-order valence-corrected chi connectivity index (χ3v) is 6.77. The van der Waals surface area contributed by atoms with Crippen molar-refractivity contribution in [2.24, 2.45) is 0 Å². The summed E-state index contributed by atoms with van der Waals surface area (Å²) in [6, 6.07) is 17.7. The molecule has 0 N–H and O–H groups in total. The van der Waals surface area contributed by atoms with Crippen LogP contribution in [-0.2, 0) is 5.41 Å². The van der Waals surface area contributed by atoms with Crippen LogP contribution in [0.25, 0.3) is 5.57 Å². The first-order valence-corrected chi connectivity index (χ1v) is 12.4. The van der Waals surface area contributed by atoms with Crippen molar-refractivity contribution < 1.29 is 0 Å². The van der Waals surface area contributed by atoms with Crippen LogP contribution in [0.1, 0.15) is 51.7 Å².